The molecule has 0 saturated carbocycles. The molecule has 0 heterocycles. The maximum absolute atomic E-state index is 12.9. The summed E-state index contributed by atoms with van der Waals surface area (Å²) in [5, 5.41) is 2.95. The molecule has 0 bridgehead atoms. The van der Waals surface area contributed by atoms with E-state index in [1.807, 2.05) is 6.92 Å². The van der Waals surface area contributed by atoms with E-state index in [0.29, 0.717) is 6.42 Å². The van der Waals surface area contributed by atoms with E-state index in [0.717, 1.165) is 25.1 Å². The molecule has 21 heavy (non-hydrogen) atoms. The highest BCUT2D eigenvalue weighted by molar-refractivity contribution is 7.91. The van der Waals surface area contributed by atoms with Crippen LogP contribution in [-0.2, 0) is 16.3 Å². The normalized spacial score (nSPS) is 13.6. The number of rotatable bonds is 9. The summed E-state index contributed by atoms with van der Waals surface area (Å²) in [7, 11) is -3.01. The topological polar surface area (TPSA) is 46.2 Å². The molecule has 5 heteroatoms. The van der Waals surface area contributed by atoms with E-state index in [9.17, 15) is 12.8 Å². The van der Waals surface area contributed by atoms with Gasteiger partial charge in [0.25, 0.3) is 0 Å². The van der Waals surface area contributed by atoms with Gasteiger partial charge in [-0.25, -0.2) is 12.8 Å². The van der Waals surface area contributed by atoms with E-state index < -0.39 is 9.84 Å². The van der Waals surface area contributed by atoms with Crippen LogP contribution in [0, 0.1) is 11.7 Å². The third kappa shape index (κ3) is 6.57. The Morgan fingerprint density at radius 2 is 1.81 bits per heavy atom. The average Bonchev–Trinajstić information content (AvgIpc) is 2.44. The van der Waals surface area contributed by atoms with Gasteiger partial charge in [-0.05, 0) is 63.4 Å². The zero-order chi connectivity index (χ0) is 15.9. The van der Waals surface area contributed by atoms with Crippen molar-refractivity contribution in [2.75, 3.05) is 18.8 Å². The molecule has 120 valence electrons. The first-order valence-electron chi connectivity index (χ1n) is 7.52. The Bertz CT molecular complexity index is 512. The van der Waals surface area contributed by atoms with Crippen LogP contribution in [0.25, 0.3) is 0 Å². The van der Waals surface area contributed by atoms with E-state index in [1.165, 1.54) is 12.1 Å². The number of hydrogen-bond donors (Lipinski definition) is 1. The minimum atomic E-state index is -3.01. The van der Waals surface area contributed by atoms with Crippen molar-refractivity contribution in [2.45, 2.75) is 38.9 Å². The maximum atomic E-state index is 12.9. The predicted molar refractivity (Wildman–Crippen MR) is 85.7 cm³/mol. The quantitative estimate of drug-likeness (QED) is 0.762. The lowest BCUT2D eigenvalue weighted by atomic mass is 9.97. The molecule has 0 amide bonds. The summed E-state index contributed by atoms with van der Waals surface area (Å²) in [5.41, 5.74) is 1.04. The molecule has 0 aliphatic heterocycles. The molecular formula is C16H26FNO2S. The molecule has 0 saturated heterocycles. The van der Waals surface area contributed by atoms with Crippen molar-refractivity contribution in [1.82, 2.24) is 5.32 Å². The fourth-order valence-electron chi connectivity index (χ4n) is 2.15. The summed E-state index contributed by atoms with van der Waals surface area (Å²) < 4.78 is 36.8. The van der Waals surface area contributed by atoms with Crippen molar-refractivity contribution in [1.29, 1.82) is 0 Å². The molecule has 1 N–H and O–H groups in total. The first-order chi connectivity index (χ1) is 9.85. The minimum absolute atomic E-state index is 0.210. The highest BCUT2D eigenvalue weighted by Crippen LogP contribution is 2.15. The first-order valence-corrected chi connectivity index (χ1v) is 9.23. The lowest BCUT2D eigenvalue weighted by molar-refractivity contribution is 0.464. The Balaban J connectivity index is 2.65. The number of halogens is 1. The molecule has 1 unspecified atom stereocenters. The van der Waals surface area contributed by atoms with Gasteiger partial charge < -0.3 is 5.32 Å². The molecule has 1 aromatic carbocycles. The van der Waals surface area contributed by atoms with E-state index in [2.05, 4.69) is 5.32 Å². The monoisotopic (exact) mass is 315 g/mol. The Morgan fingerprint density at radius 1 is 1.19 bits per heavy atom. The summed E-state index contributed by atoms with van der Waals surface area (Å²) in [6.07, 6.45) is 1.39. The van der Waals surface area contributed by atoms with Crippen LogP contribution < -0.4 is 5.32 Å². The zero-order valence-corrected chi connectivity index (χ0v) is 13.9. The molecule has 1 aromatic rings. The van der Waals surface area contributed by atoms with Crippen molar-refractivity contribution in [3.63, 3.8) is 0 Å². The molecule has 3 nitrogen and oxygen atoms in total. The van der Waals surface area contributed by atoms with E-state index in [1.54, 1.807) is 26.0 Å². The second-order valence-electron chi connectivity index (χ2n) is 5.71. The van der Waals surface area contributed by atoms with Crippen LogP contribution in [0.4, 0.5) is 4.39 Å². The van der Waals surface area contributed by atoms with Crippen LogP contribution in [0.15, 0.2) is 24.3 Å². The second-order valence-corrected chi connectivity index (χ2v) is 8.39. The van der Waals surface area contributed by atoms with Crippen LogP contribution in [-0.4, -0.2) is 32.5 Å². The number of nitrogens with one attached hydrogen (secondary N) is 1. The van der Waals surface area contributed by atoms with Gasteiger partial charge in [-0.2, -0.15) is 0 Å². The van der Waals surface area contributed by atoms with Gasteiger partial charge in [0.05, 0.1) is 11.0 Å². The Labute approximate surface area is 127 Å². The minimum Gasteiger partial charge on any atom is -0.317 e. The molecular weight excluding hydrogens is 289 g/mol. The molecule has 0 aromatic heterocycles. The molecule has 1 atom stereocenters. The van der Waals surface area contributed by atoms with Crippen LogP contribution in [0.1, 0.15) is 32.8 Å². The highest BCUT2D eigenvalue weighted by atomic mass is 32.2. The summed E-state index contributed by atoms with van der Waals surface area (Å²) in [6.45, 7) is 7.10. The first kappa shape index (κ1) is 18.1. The Kier molecular flexibility index (Phi) is 7.32. The van der Waals surface area contributed by atoms with Crippen molar-refractivity contribution in [3.8, 4) is 0 Å². The van der Waals surface area contributed by atoms with Gasteiger partial charge in [-0.15, -0.1) is 0 Å². The van der Waals surface area contributed by atoms with E-state index >= 15 is 0 Å². The van der Waals surface area contributed by atoms with Gasteiger partial charge in [0.15, 0.2) is 9.84 Å². The summed E-state index contributed by atoms with van der Waals surface area (Å²) >= 11 is 0. The molecule has 0 fully saturated rings. The molecule has 1 rings (SSSR count). The van der Waals surface area contributed by atoms with Crippen molar-refractivity contribution in [2.24, 2.45) is 5.92 Å². The highest BCUT2D eigenvalue weighted by Gasteiger charge is 2.19. The van der Waals surface area contributed by atoms with Gasteiger partial charge >= 0.3 is 0 Å². The fraction of sp³-hybridized carbons (Fsp3) is 0.625. The van der Waals surface area contributed by atoms with E-state index in [-0.39, 0.29) is 22.7 Å². The second kappa shape index (κ2) is 8.49. The van der Waals surface area contributed by atoms with Gasteiger partial charge in [-0.3, -0.25) is 0 Å². The predicted octanol–water partition coefficient (Wildman–Crippen LogP) is 2.81. The van der Waals surface area contributed by atoms with Crippen LogP contribution in [0.3, 0.4) is 0 Å². The van der Waals surface area contributed by atoms with Gasteiger partial charge in [0.1, 0.15) is 5.82 Å². The SMILES string of the molecule is CCNCC(CCS(=O)(=O)C(C)C)Cc1ccc(F)cc1. The molecule has 0 radical (unpaired) electrons. The average molecular weight is 315 g/mol. The maximum Gasteiger partial charge on any atom is 0.152 e. The summed E-state index contributed by atoms with van der Waals surface area (Å²) in [5.74, 6) is 0.204. The third-order valence-corrected chi connectivity index (χ3v) is 5.89. The fourth-order valence-corrected chi connectivity index (χ4v) is 3.28. The van der Waals surface area contributed by atoms with Crippen LogP contribution in [0.2, 0.25) is 0 Å². The van der Waals surface area contributed by atoms with Gasteiger partial charge in [0.2, 0.25) is 0 Å². The zero-order valence-electron chi connectivity index (χ0n) is 13.1. The van der Waals surface area contributed by atoms with Crippen LogP contribution in [0.5, 0.6) is 0 Å². The lowest BCUT2D eigenvalue weighted by Crippen LogP contribution is -2.27. The number of sulfone groups is 1. The van der Waals surface area contributed by atoms with Gasteiger partial charge in [-0.1, -0.05) is 19.1 Å². The van der Waals surface area contributed by atoms with Crippen molar-refractivity contribution >= 4 is 9.84 Å². The van der Waals surface area contributed by atoms with Gasteiger partial charge in [0, 0.05) is 0 Å². The van der Waals surface area contributed by atoms with Crippen LogP contribution >= 0.6 is 0 Å². The molecule has 0 aliphatic carbocycles. The molecule has 0 spiro atoms. The summed E-state index contributed by atoms with van der Waals surface area (Å²) in [6, 6.07) is 6.44. The van der Waals surface area contributed by atoms with Crippen molar-refractivity contribution < 1.29 is 12.8 Å². The smallest absolute Gasteiger partial charge is 0.152 e. The largest absolute Gasteiger partial charge is 0.317 e. The number of benzene rings is 1. The molecule has 0 aliphatic rings. The Morgan fingerprint density at radius 3 is 2.33 bits per heavy atom. The Hall–Kier alpha value is -0.940. The number of hydrogen-bond acceptors (Lipinski definition) is 3. The summed E-state index contributed by atoms with van der Waals surface area (Å²) in [4.78, 5) is 0. The third-order valence-electron chi connectivity index (χ3n) is 3.65. The van der Waals surface area contributed by atoms with E-state index in [4.69, 9.17) is 0 Å². The standard InChI is InChI=1S/C16H26FNO2S/c1-4-18-12-15(9-10-21(19,20)13(2)3)11-14-5-7-16(17)8-6-14/h5-8,13,15,18H,4,9-12H2,1-3H3. The van der Waals surface area contributed by atoms with Crippen molar-refractivity contribution in [3.05, 3.63) is 35.6 Å². The lowest BCUT2D eigenvalue weighted by Gasteiger charge is -2.18.